The number of carboxylic acids is 1. The lowest BCUT2D eigenvalue weighted by atomic mass is 10.0. The number of quaternary nitrogens is 1. The fourth-order valence-electron chi connectivity index (χ4n) is 3.70. The Morgan fingerprint density at radius 2 is 1.70 bits per heavy atom. The largest absolute Gasteiger partial charge is 0.477 e. The fourth-order valence-corrected chi connectivity index (χ4v) is 3.70. The first-order valence-corrected chi connectivity index (χ1v) is 10.8. The molecule has 27 heavy (non-hydrogen) atoms. The first-order valence-electron chi connectivity index (χ1n) is 10.8. The lowest BCUT2D eigenvalue weighted by Crippen LogP contribution is -2.52. The summed E-state index contributed by atoms with van der Waals surface area (Å²) in [7, 11) is 0. The van der Waals surface area contributed by atoms with Gasteiger partial charge in [-0.1, -0.05) is 64.0 Å². The van der Waals surface area contributed by atoms with Crippen LogP contribution in [-0.2, 0) is 4.79 Å². The Balaban J connectivity index is 2.07. The number of allylic oxidation sites excluding steroid dienone is 2. The van der Waals surface area contributed by atoms with Gasteiger partial charge in [0.2, 0.25) is 5.84 Å². The molecule has 1 atom stereocenters. The van der Waals surface area contributed by atoms with Crippen LogP contribution in [0.25, 0.3) is 0 Å². The quantitative estimate of drug-likeness (QED) is 0.213. The summed E-state index contributed by atoms with van der Waals surface area (Å²) in [5.41, 5.74) is 5.71. The van der Waals surface area contributed by atoms with Crippen LogP contribution in [0, 0.1) is 0 Å². The number of rotatable bonds is 17. The zero-order chi connectivity index (χ0) is 19.8. The summed E-state index contributed by atoms with van der Waals surface area (Å²) in [5, 5.41) is 9.22. The summed E-state index contributed by atoms with van der Waals surface area (Å²) >= 11 is 0. The molecule has 1 unspecified atom stereocenters. The molecule has 5 nitrogen and oxygen atoms in total. The molecule has 0 bridgehead atoms. The van der Waals surface area contributed by atoms with Gasteiger partial charge in [0.05, 0.1) is 6.20 Å². The lowest BCUT2D eigenvalue weighted by molar-refractivity contribution is -0.778. The van der Waals surface area contributed by atoms with Crippen LogP contribution in [0.3, 0.4) is 0 Å². The Bertz CT molecular complexity index is 500. The summed E-state index contributed by atoms with van der Waals surface area (Å²) in [6.07, 6.45) is 23.0. The van der Waals surface area contributed by atoms with Gasteiger partial charge in [-0.2, -0.15) is 0 Å². The van der Waals surface area contributed by atoms with Crippen LogP contribution in [0.2, 0.25) is 0 Å². The molecule has 0 amide bonds. The molecule has 1 aliphatic heterocycles. The van der Waals surface area contributed by atoms with Gasteiger partial charge >= 0.3 is 5.97 Å². The van der Waals surface area contributed by atoms with E-state index in [0.29, 0.717) is 17.6 Å². The van der Waals surface area contributed by atoms with Gasteiger partial charge in [-0.3, -0.25) is 0 Å². The summed E-state index contributed by atoms with van der Waals surface area (Å²) < 4.78 is 0.305. The van der Waals surface area contributed by atoms with Crippen LogP contribution in [-0.4, -0.2) is 41.0 Å². The molecule has 0 spiro atoms. The highest BCUT2D eigenvalue weighted by Crippen LogP contribution is 2.21. The molecule has 0 saturated heterocycles. The van der Waals surface area contributed by atoms with Gasteiger partial charge in [0.1, 0.15) is 12.7 Å². The fraction of sp³-hybridized carbons (Fsp3) is 0.727. The van der Waals surface area contributed by atoms with Crippen molar-refractivity contribution in [3.8, 4) is 0 Å². The number of nitrogens with zero attached hydrogens (tertiary/aromatic N) is 2. The summed E-state index contributed by atoms with van der Waals surface area (Å²) in [4.78, 5) is 15.7. The van der Waals surface area contributed by atoms with Gasteiger partial charge in [-0.05, 0) is 25.7 Å². The predicted molar refractivity (Wildman–Crippen MR) is 113 cm³/mol. The topological polar surface area (TPSA) is 75.7 Å². The third-order valence-corrected chi connectivity index (χ3v) is 5.21. The van der Waals surface area contributed by atoms with Crippen LogP contribution < -0.4 is 5.73 Å². The number of unbranched alkanes of at least 4 members (excludes halogenated alkanes) is 9. The highest BCUT2D eigenvalue weighted by molar-refractivity contribution is 5.81. The van der Waals surface area contributed by atoms with Crippen molar-refractivity contribution in [2.75, 3.05) is 19.6 Å². The molecule has 0 aromatic carbocycles. The molecule has 0 aromatic heterocycles. The van der Waals surface area contributed by atoms with Crippen molar-refractivity contribution in [3.63, 3.8) is 0 Å². The molecular formula is C22H40N3O2+. The molecule has 0 saturated carbocycles. The van der Waals surface area contributed by atoms with E-state index in [2.05, 4.69) is 24.1 Å². The number of carboxylic acid groups (broad SMARTS) is 1. The smallest absolute Gasteiger partial charge is 0.360 e. The third-order valence-electron chi connectivity index (χ3n) is 5.21. The monoisotopic (exact) mass is 378 g/mol. The van der Waals surface area contributed by atoms with Crippen LogP contribution in [0.5, 0.6) is 0 Å². The highest BCUT2D eigenvalue weighted by atomic mass is 16.4. The van der Waals surface area contributed by atoms with Crippen molar-refractivity contribution in [2.24, 2.45) is 10.7 Å². The number of carbonyl (C=O) groups is 1. The molecular weight excluding hydrogens is 338 g/mol. The first-order chi connectivity index (χ1) is 13.1. The normalized spacial score (nSPS) is 19.1. The molecule has 0 aliphatic carbocycles. The third kappa shape index (κ3) is 9.87. The molecule has 1 aliphatic rings. The van der Waals surface area contributed by atoms with E-state index in [4.69, 9.17) is 5.73 Å². The second kappa shape index (κ2) is 14.6. The number of nitrogens with two attached hydrogens (primary N) is 1. The summed E-state index contributed by atoms with van der Waals surface area (Å²) in [6, 6.07) is 0. The van der Waals surface area contributed by atoms with Gasteiger partial charge in [0, 0.05) is 13.0 Å². The average molecular weight is 379 g/mol. The molecule has 0 fully saturated rings. The van der Waals surface area contributed by atoms with Crippen LogP contribution >= 0.6 is 0 Å². The maximum atomic E-state index is 11.2. The van der Waals surface area contributed by atoms with Crippen molar-refractivity contribution in [1.29, 1.82) is 0 Å². The van der Waals surface area contributed by atoms with Gasteiger partial charge in [-0.15, -0.1) is 0 Å². The number of hydrogen-bond acceptors (Lipinski definition) is 3. The Labute approximate surface area is 165 Å². The number of hydrogen-bond donors (Lipinski definition) is 2. The number of amidine groups is 1. The van der Waals surface area contributed by atoms with Crippen molar-refractivity contribution < 1.29 is 14.4 Å². The van der Waals surface area contributed by atoms with Crippen LogP contribution in [0.4, 0.5) is 0 Å². The Hall–Kier alpha value is -1.46. The summed E-state index contributed by atoms with van der Waals surface area (Å²) in [6.45, 7) is 3.29. The van der Waals surface area contributed by atoms with E-state index < -0.39 is 5.97 Å². The second-order valence-corrected chi connectivity index (χ2v) is 7.54. The molecule has 5 heteroatoms. The van der Waals surface area contributed by atoms with Gasteiger partial charge in [-0.25, -0.2) is 14.3 Å². The molecule has 154 valence electrons. The molecule has 0 aromatic rings. The Morgan fingerprint density at radius 1 is 1.07 bits per heavy atom. The van der Waals surface area contributed by atoms with E-state index in [0.717, 1.165) is 25.1 Å². The van der Waals surface area contributed by atoms with Crippen molar-refractivity contribution >= 4 is 11.8 Å². The Kier molecular flexibility index (Phi) is 12.7. The predicted octanol–water partition coefficient (Wildman–Crippen LogP) is 4.99. The van der Waals surface area contributed by atoms with E-state index in [9.17, 15) is 9.90 Å². The average Bonchev–Trinajstić information content (AvgIpc) is 3.00. The Morgan fingerprint density at radius 3 is 2.30 bits per heavy atom. The second-order valence-electron chi connectivity index (χ2n) is 7.54. The molecule has 1 heterocycles. The highest BCUT2D eigenvalue weighted by Gasteiger charge is 2.36. The summed E-state index contributed by atoms with van der Waals surface area (Å²) in [5.74, 6) is 0.157. The minimum atomic E-state index is -0.802. The SMILES string of the molecule is CC/C=C/CCCCCCCCCCCC1=NC=C[N+]1(CCN)CC(=O)O. The maximum absolute atomic E-state index is 11.2. The van der Waals surface area contributed by atoms with E-state index in [1.807, 2.05) is 6.20 Å². The maximum Gasteiger partial charge on any atom is 0.360 e. The zero-order valence-electron chi connectivity index (χ0n) is 17.2. The van der Waals surface area contributed by atoms with E-state index >= 15 is 0 Å². The molecule has 1 rings (SSSR count). The van der Waals surface area contributed by atoms with Crippen molar-refractivity contribution in [3.05, 3.63) is 24.6 Å². The molecule has 0 radical (unpaired) electrons. The van der Waals surface area contributed by atoms with Crippen LogP contribution in [0.1, 0.15) is 84.0 Å². The first kappa shape index (κ1) is 23.6. The molecule has 3 N–H and O–H groups in total. The standard InChI is InChI=1S/C22H39N3O2/c1-2-3-4-5-6-7-8-9-10-11-12-13-14-15-21-24-17-19-25(21,18-16-23)20-22(26)27/h3-4,17,19H,2,5-16,18,20,23H2,1H3/p+1/b4-3+. The van der Waals surface area contributed by atoms with Crippen LogP contribution in [0.15, 0.2) is 29.5 Å². The zero-order valence-corrected chi connectivity index (χ0v) is 17.2. The van der Waals surface area contributed by atoms with Gasteiger partial charge in [0.25, 0.3) is 0 Å². The minimum Gasteiger partial charge on any atom is -0.477 e. The van der Waals surface area contributed by atoms with E-state index in [1.54, 1.807) is 6.20 Å². The van der Waals surface area contributed by atoms with Gasteiger partial charge in [0.15, 0.2) is 6.54 Å². The number of aliphatic imine (C=N–C) groups is 1. The van der Waals surface area contributed by atoms with E-state index in [1.165, 1.54) is 57.8 Å². The van der Waals surface area contributed by atoms with Gasteiger partial charge < -0.3 is 10.8 Å². The van der Waals surface area contributed by atoms with Crippen molar-refractivity contribution in [1.82, 2.24) is 0 Å². The van der Waals surface area contributed by atoms with E-state index in [-0.39, 0.29) is 6.54 Å². The number of aliphatic carboxylic acids is 1. The minimum absolute atomic E-state index is 0.0424. The van der Waals surface area contributed by atoms with Crippen molar-refractivity contribution in [2.45, 2.75) is 84.0 Å². The lowest BCUT2D eigenvalue weighted by Gasteiger charge is -2.30.